The zero-order chi connectivity index (χ0) is 21.4. The van der Waals surface area contributed by atoms with Crippen molar-refractivity contribution in [1.82, 2.24) is 5.32 Å². The normalized spacial score (nSPS) is 12.9. The molecule has 0 aliphatic rings. The summed E-state index contributed by atoms with van der Waals surface area (Å²) < 4.78 is 27.2. The van der Waals surface area contributed by atoms with Crippen molar-refractivity contribution in [2.75, 3.05) is 73.1 Å². The van der Waals surface area contributed by atoms with E-state index in [1.165, 1.54) is 5.56 Å². The molecule has 0 radical (unpaired) electrons. The molecule has 0 aliphatic heterocycles. The molecule has 0 saturated carbocycles. The van der Waals surface area contributed by atoms with Gasteiger partial charge in [0.1, 0.15) is 12.4 Å². The van der Waals surface area contributed by atoms with Crippen LogP contribution >= 0.6 is 0 Å². The quantitative estimate of drug-likeness (QED) is 0.357. The number of hydrogen-bond acceptors (Lipinski definition) is 7. The predicted octanol–water partition coefficient (Wildman–Crippen LogP) is 2.01. The molecule has 7 nitrogen and oxygen atoms in total. The first-order valence-electron chi connectivity index (χ1n) is 10.3. The Morgan fingerprint density at radius 2 is 1.38 bits per heavy atom. The van der Waals surface area contributed by atoms with E-state index in [1.807, 2.05) is 19.2 Å². The van der Waals surface area contributed by atoms with Crippen LogP contribution in [0.2, 0.25) is 0 Å². The van der Waals surface area contributed by atoms with E-state index in [0.717, 1.165) is 5.75 Å². The van der Waals surface area contributed by atoms with Gasteiger partial charge >= 0.3 is 0 Å². The largest absolute Gasteiger partial charge is 0.491 e. The number of rotatable bonds is 18. The minimum atomic E-state index is 0.0120. The van der Waals surface area contributed by atoms with Gasteiger partial charge in [-0.05, 0) is 31.7 Å². The Labute approximate surface area is 175 Å². The van der Waals surface area contributed by atoms with Crippen LogP contribution in [0.5, 0.6) is 5.75 Å². The molecule has 1 aromatic carbocycles. The van der Waals surface area contributed by atoms with Crippen LogP contribution in [0.25, 0.3) is 0 Å². The summed E-state index contributed by atoms with van der Waals surface area (Å²) in [6, 6.07) is 8.60. The molecule has 0 bridgehead atoms. The second-order valence-electron chi connectivity index (χ2n) is 7.28. The van der Waals surface area contributed by atoms with Crippen molar-refractivity contribution >= 4 is 0 Å². The lowest BCUT2D eigenvalue weighted by atomic mass is 9.78. The summed E-state index contributed by atoms with van der Waals surface area (Å²) in [6.07, 6.45) is 0. The van der Waals surface area contributed by atoms with Crippen LogP contribution in [0.15, 0.2) is 24.3 Å². The molecule has 1 aromatic rings. The van der Waals surface area contributed by atoms with Crippen LogP contribution in [0.4, 0.5) is 0 Å². The van der Waals surface area contributed by atoms with E-state index in [-0.39, 0.29) is 12.0 Å². The van der Waals surface area contributed by atoms with Crippen molar-refractivity contribution in [3.63, 3.8) is 0 Å². The molecule has 0 saturated heterocycles. The van der Waals surface area contributed by atoms with Gasteiger partial charge in [-0.2, -0.15) is 0 Å². The van der Waals surface area contributed by atoms with Gasteiger partial charge in [-0.15, -0.1) is 0 Å². The number of hydrogen-bond donors (Lipinski definition) is 2. The van der Waals surface area contributed by atoms with Crippen LogP contribution < -0.4 is 10.1 Å². The van der Waals surface area contributed by atoms with Gasteiger partial charge in [0, 0.05) is 11.5 Å². The zero-order valence-electron chi connectivity index (χ0n) is 18.4. The van der Waals surface area contributed by atoms with E-state index in [1.54, 1.807) is 0 Å². The van der Waals surface area contributed by atoms with E-state index in [0.29, 0.717) is 65.5 Å². The number of benzene rings is 1. The highest BCUT2D eigenvalue weighted by molar-refractivity contribution is 5.34. The van der Waals surface area contributed by atoms with E-state index in [9.17, 15) is 0 Å². The Morgan fingerprint density at radius 3 is 1.90 bits per heavy atom. The van der Waals surface area contributed by atoms with Gasteiger partial charge in [0.25, 0.3) is 0 Å². The van der Waals surface area contributed by atoms with Crippen LogP contribution in [-0.4, -0.2) is 84.3 Å². The van der Waals surface area contributed by atoms with Crippen molar-refractivity contribution in [2.24, 2.45) is 0 Å². The highest BCUT2D eigenvalue weighted by Gasteiger charge is 2.27. The molecule has 0 heterocycles. The molecule has 0 spiro atoms. The topological polar surface area (TPSA) is 78.4 Å². The Hall–Kier alpha value is -1.22. The monoisotopic (exact) mass is 413 g/mol. The fourth-order valence-electron chi connectivity index (χ4n) is 2.64. The summed E-state index contributed by atoms with van der Waals surface area (Å²) in [7, 11) is 1.98. The third-order valence-corrected chi connectivity index (χ3v) is 4.94. The van der Waals surface area contributed by atoms with Gasteiger partial charge in [-0.1, -0.05) is 26.0 Å². The first-order valence-corrected chi connectivity index (χ1v) is 10.3. The van der Waals surface area contributed by atoms with E-state index in [4.69, 9.17) is 28.8 Å². The Balaban J connectivity index is 2.06. The third kappa shape index (κ3) is 10.9. The molecule has 0 aliphatic carbocycles. The lowest BCUT2D eigenvalue weighted by Gasteiger charge is -2.32. The number of aliphatic hydroxyl groups excluding tert-OH is 1. The van der Waals surface area contributed by atoms with E-state index < -0.39 is 0 Å². The first kappa shape index (κ1) is 25.8. The summed E-state index contributed by atoms with van der Waals surface area (Å²) >= 11 is 0. The lowest BCUT2D eigenvalue weighted by molar-refractivity contribution is -0.00779. The molecule has 0 unspecified atom stereocenters. The Bertz CT molecular complexity index is 526. The molecule has 2 N–H and O–H groups in total. The first-order chi connectivity index (χ1) is 14.0. The van der Waals surface area contributed by atoms with E-state index >= 15 is 0 Å². The second kappa shape index (κ2) is 15.6. The molecule has 7 heteroatoms. The number of nitrogens with one attached hydrogen (secondary N) is 1. The fourth-order valence-corrected chi connectivity index (χ4v) is 2.64. The maximum Gasteiger partial charge on any atom is 0.119 e. The molecule has 0 aromatic heterocycles. The van der Waals surface area contributed by atoms with Crippen LogP contribution in [0.3, 0.4) is 0 Å². The molecular weight excluding hydrogens is 374 g/mol. The summed E-state index contributed by atoms with van der Waals surface area (Å²) in [5.74, 6) is 0.860. The van der Waals surface area contributed by atoms with Crippen molar-refractivity contribution in [1.29, 1.82) is 0 Å². The van der Waals surface area contributed by atoms with Gasteiger partial charge in [-0.3, -0.25) is 0 Å². The predicted molar refractivity (Wildman–Crippen MR) is 114 cm³/mol. The van der Waals surface area contributed by atoms with Gasteiger partial charge in [-0.25, -0.2) is 0 Å². The Morgan fingerprint density at radius 1 is 0.862 bits per heavy atom. The van der Waals surface area contributed by atoms with Crippen molar-refractivity contribution in [3.05, 3.63) is 29.8 Å². The number of ether oxygens (including phenoxy) is 5. The van der Waals surface area contributed by atoms with Crippen molar-refractivity contribution in [3.8, 4) is 5.75 Å². The summed E-state index contributed by atoms with van der Waals surface area (Å²) in [5.41, 5.74) is 1.26. The smallest absolute Gasteiger partial charge is 0.119 e. The van der Waals surface area contributed by atoms with Gasteiger partial charge in [0.15, 0.2) is 0 Å². The molecule has 1 atom stereocenters. The van der Waals surface area contributed by atoms with Crippen molar-refractivity contribution < 1.29 is 28.8 Å². The van der Waals surface area contributed by atoms with Gasteiger partial charge in [0.2, 0.25) is 0 Å². The van der Waals surface area contributed by atoms with Gasteiger partial charge < -0.3 is 34.1 Å². The number of aliphatic hydroxyl groups is 1. The van der Waals surface area contributed by atoms with Crippen LogP contribution in [0, 0.1) is 0 Å². The molecule has 0 amide bonds. The minimum Gasteiger partial charge on any atom is -0.491 e. The molecule has 1 rings (SSSR count). The minimum absolute atomic E-state index is 0.0120. The highest BCUT2D eigenvalue weighted by atomic mass is 16.6. The molecular formula is C22H39NO6. The van der Waals surface area contributed by atoms with Crippen LogP contribution in [0.1, 0.15) is 26.3 Å². The standard InChI is InChI=1S/C22H39NO6/c1-19(23-4)22(2,3)20-6-5-7-21(18-20)29-17-16-28-15-14-27-13-12-26-11-10-25-9-8-24/h5-7,18-19,23-24H,8-17H2,1-4H3/t19-/m0/s1. The lowest BCUT2D eigenvalue weighted by Crippen LogP contribution is -2.40. The average molecular weight is 414 g/mol. The Kier molecular flexibility index (Phi) is 13.9. The fraction of sp³-hybridized carbons (Fsp3) is 0.727. The van der Waals surface area contributed by atoms with Crippen LogP contribution in [-0.2, 0) is 24.4 Å². The summed E-state index contributed by atoms with van der Waals surface area (Å²) in [6.45, 7) is 11.1. The SMILES string of the molecule is CN[C@@H](C)C(C)(C)c1cccc(OCCOCCOCCOCCOCCO)c1. The second-order valence-corrected chi connectivity index (χ2v) is 7.28. The highest BCUT2D eigenvalue weighted by Crippen LogP contribution is 2.29. The maximum absolute atomic E-state index is 8.56. The van der Waals surface area contributed by atoms with E-state index in [2.05, 4.69) is 38.2 Å². The maximum atomic E-state index is 8.56. The third-order valence-electron chi connectivity index (χ3n) is 4.94. The molecule has 29 heavy (non-hydrogen) atoms. The molecule has 168 valence electrons. The zero-order valence-corrected chi connectivity index (χ0v) is 18.4. The summed E-state index contributed by atoms with van der Waals surface area (Å²) in [5, 5.41) is 11.9. The van der Waals surface area contributed by atoms with Crippen molar-refractivity contribution in [2.45, 2.75) is 32.2 Å². The van der Waals surface area contributed by atoms with Gasteiger partial charge in [0.05, 0.1) is 59.5 Å². The number of likely N-dealkylation sites (N-methyl/N-ethyl adjacent to an activating group) is 1. The average Bonchev–Trinajstić information content (AvgIpc) is 2.73. The summed E-state index contributed by atoms with van der Waals surface area (Å²) in [4.78, 5) is 0. The molecule has 0 fully saturated rings.